The molecular weight excluding hydrogens is 491 g/mol. The van der Waals surface area contributed by atoms with Crippen LogP contribution in [0.2, 0.25) is 0 Å². The van der Waals surface area contributed by atoms with E-state index in [1.807, 2.05) is 0 Å². The highest BCUT2D eigenvalue weighted by atomic mass is 32.3. The number of hydrogen-bond donors (Lipinski definition) is 3. The Morgan fingerprint density at radius 3 is 2.42 bits per heavy atom. The maximum absolute atomic E-state index is 15.1. The first kappa shape index (κ1) is 25.4. The molecule has 180 valence electrons. The summed E-state index contributed by atoms with van der Waals surface area (Å²) in [4.78, 5) is -0.837. The molecule has 0 aliphatic carbocycles. The van der Waals surface area contributed by atoms with Crippen molar-refractivity contribution in [2.75, 3.05) is 0 Å². The summed E-state index contributed by atoms with van der Waals surface area (Å²) in [7, 11) is -7.11. The van der Waals surface area contributed by atoms with Gasteiger partial charge in [0.2, 0.25) is 0 Å². The fourth-order valence-corrected chi connectivity index (χ4v) is 5.66. The van der Waals surface area contributed by atoms with Crippen LogP contribution < -0.4 is 9.46 Å². The summed E-state index contributed by atoms with van der Waals surface area (Å²) in [6.45, 7) is 4.35. The van der Waals surface area contributed by atoms with Crippen molar-refractivity contribution in [3.05, 3.63) is 52.8 Å². The minimum atomic E-state index is -4.91. The molecule has 6 nitrogen and oxygen atoms in total. The topological polar surface area (TPSA) is 103 Å². The van der Waals surface area contributed by atoms with Gasteiger partial charge >= 0.3 is 5.25 Å². The van der Waals surface area contributed by atoms with Gasteiger partial charge in [-0.1, -0.05) is 0 Å². The normalized spacial score (nSPS) is 20.7. The average molecular weight is 511 g/mol. The van der Waals surface area contributed by atoms with Crippen molar-refractivity contribution in [2.45, 2.75) is 48.1 Å². The third-order valence-electron chi connectivity index (χ3n) is 4.75. The van der Waals surface area contributed by atoms with Gasteiger partial charge in [-0.05, 0) is 45.0 Å². The van der Waals surface area contributed by atoms with E-state index in [0.29, 0.717) is 0 Å². The standard InChI is InChI=1S/C20H19F5N2O4S2/c1-19(2,3)32(28)27-17-16-14(33(29,30)20(17,24)25)5-4-13(15(16)18(22)23)31-12-7-10(9-26)6-11(21)8-12/h4-8,17-18,27,29-30H,1-3H3. The summed E-state index contributed by atoms with van der Waals surface area (Å²) in [5.74, 6) is -1.92. The molecule has 0 amide bonds. The van der Waals surface area contributed by atoms with Gasteiger partial charge in [-0.15, -0.1) is 10.6 Å². The van der Waals surface area contributed by atoms with E-state index in [2.05, 4.69) is 4.72 Å². The lowest BCUT2D eigenvalue weighted by Gasteiger charge is -2.36. The van der Waals surface area contributed by atoms with Crippen LogP contribution in [0.1, 0.15) is 49.9 Å². The Morgan fingerprint density at radius 1 is 1.24 bits per heavy atom. The smallest absolute Gasteiger partial charge is 0.361 e. The van der Waals surface area contributed by atoms with Crippen LogP contribution >= 0.6 is 10.6 Å². The molecule has 0 aromatic heterocycles. The zero-order valence-electron chi connectivity index (χ0n) is 17.4. The third kappa shape index (κ3) is 4.45. The number of ether oxygens (including phenoxy) is 1. The van der Waals surface area contributed by atoms with Gasteiger partial charge in [0.25, 0.3) is 6.43 Å². The van der Waals surface area contributed by atoms with E-state index >= 15 is 8.78 Å². The fraction of sp³-hybridized carbons (Fsp3) is 0.350. The molecule has 1 aliphatic heterocycles. The number of nitrogens with one attached hydrogen (secondary N) is 1. The van der Waals surface area contributed by atoms with Gasteiger partial charge in [-0.3, -0.25) is 9.11 Å². The third-order valence-corrected chi connectivity index (χ3v) is 8.27. The van der Waals surface area contributed by atoms with Gasteiger partial charge in [0, 0.05) is 11.6 Å². The SMILES string of the molecule is CC(C)(C)S(=O)NC1c2c(ccc(Oc3cc(F)cc(C#N)c3)c2C(F)F)S(O)(O)C1(F)F. The molecule has 0 bridgehead atoms. The summed E-state index contributed by atoms with van der Waals surface area (Å²) in [6.07, 6.45) is -3.43. The first-order chi connectivity index (χ1) is 15.1. The Hall–Kier alpha value is -2.24. The van der Waals surface area contributed by atoms with E-state index in [0.717, 1.165) is 30.3 Å². The molecule has 0 saturated carbocycles. The van der Waals surface area contributed by atoms with Gasteiger partial charge in [0.1, 0.15) is 23.4 Å². The minimum Gasteiger partial charge on any atom is -0.457 e. The molecule has 1 aliphatic rings. The van der Waals surface area contributed by atoms with Crippen LogP contribution in [0.5, 0.6) is 11.5 Å². The minimum absolute atomic E-state index is 0.175. The van der Waals surface area contributed by atoms with Crippen molar-refractivity contribution < 1.29 is 40.0 Å². The van der Waals surface area contributed by atoms with E-state index in [1.54, 1.807) is 6.07 Å². The van der Waals surface area contributed by atoms with Gasteiger partial charge in [0.15, 0.2) is 0 Å². The lowest BCUT2D eigenvalue weighted by molar-refractivity contribution is 0.0502. The van der Waals surface area contributed by atoms with Crippen LogP contribution in [-0.4, -0.2) is 23.3 Å². The highest BCUT2D eigenvalue weighted by Crippen LogP contribution is 2.73. The van der Waals surface area contributed by atoms with Crippen molar-refractivity contribution in [2.24, 2.45) is 0 Å². The number of halogens is 5. The van der Waals surface area contributed by atoms with E-state index in [1.165, 1.54) is 20.8 Å². The van der Waals surface area contributed by atoms with E-state index in [-0.39, 0.29) is 11.3 Å². The Balaban J connectivity index is 2.21. The summed E-state index contributed by atoms with van der Waals surface area (Å²) >= 11 is 0. The lowest BCUT2D eigenvalue weighted by Crippen LogP contribution is -2.42. The Labute approximate surface area is 190 Å². The van der Waals surface area contributed by atoms with Crippen LogP contribution in [0.3, 0.4) is 0 Å². The molecule has 33 heavy (non-hydrogen) atoms. The summed E-state index contributed by atoms with van der Waals surface area (Å²) in [6, 6.07) is 3.58. The lowest BCUT2D eigenvalue weighted by atomic mass is 10.00. The second kappa shape index (κ2) is 8.52. The quantitative estimate of drug-likeness (QED) is 0.414. The molecule has 2 atom stereocenters. The van der Waals surface area contributed by atoms with Gasteiger partial charge in [-0.2, -0.15) is 14.0 Å². The maximum atomic E-state index is 15.1. The molecule has 3 rings (SSSR count). The van der Waals surface area contributed by atoms with Crippen LogP contribution in [0.25, 0.3) is 0 Å². The van der Waals surface area contributed by atoms with Gasteiger partial charge < -0.3 is 4.74 Å². The molecular formula is C20H19F5N2O4S2. The van der Waals surface area contributed by atoms with Crippen LogP contribution in [0.15, 0.2) is 35.2 Å². The maximum Gasteiger partial charge on any atom is 0.361 e. The van der Waals surface area contributed by atoms with Crippen molar-refractivity contribution in [3.8, 4) is 17.6 Å². The summed E-state index contributed by atoms with van der Waals surface area (Å²) in [5.41, 5.74) is -2.14. The van der Waals surface area contributed by atoms with Gasteiger partial charge in [-0.25, -0.2) is 22.1 Å². The van der Waals surface area contributed by atoms with Crippen molar-refractivity contribution in [1.82, 2.24) is 4.72 Å². The zero-order valence-corrected chi connectivity index (χ0v) is 19.0. The first-order valence-corrected chi connectivity index (χ1v) is 12.0. The molecule has 2 aromatic carbocycles. The molecule has 3 N–H and O–H groups in total. The van der Waals surface area contributed by atoms with Crippen molar-refractivity contribution in [3.63, 3.8) is 0 Å². The molecule has 0 radical (unpaired) electrons. The van der Waals surface area contributed by atoms with Crippen molar-refractivity contribution in [1.29, 1.82) is 5.26 Å². The molecule has 0 spiro atoms. The molecule has 2 aromatic rings. The predicted molar refractivity (Wildman–Crippen MR) is 112 cm³/mol. The number of alkyl halides is 4. The molecule has 0 fully saturated rings. The number of rotatable bonds is 5. The first-order valence-electron chi connectivity index (χ1n) is 9.28. The van der Waals surface area contributed by atoms with Crippen molar-refractivity contribution >= 4 is 21.6 Å². The monoisotopic (exact) mass is 510 g/mol. The molecule has 0 saturated heterocycles. The molecule has 13 heteroatoms. The van der Waals surface area contributed by atoms with Crippen LogP contribution in [0, 0.1) is 17.1 Å². The largest absolute Gasteiger partial charge is 0.457 e. The molecule has 2 unspecified atom stereocenters. The highest BCUT2D eigenvalue weighted by molar-refractivity contribution is 8.25. The number of nitrogens with zero attached hydrogens (tertiary/aromatic N) is 1. The van der Waals surface area contributed by atoms with E-state index < -0.39 is 71.6 Å². The zero-order chi connectivity index (χ0) is 24.9. The number of fused-ring (bicyclic) bond motifs is 1. The van der Waals surface area contributed by atoms with E-state index in [9.17, 15) is 26.5 Å². The Morgan fingerprint density at radius 2 is 1.88 bits per heavy atom. The number of hydrogen-bond acceptors (Lipinski definition) is 5. The second-order valence-corrected chi connectivity index (χ2v) is 12.2. The van der Waals surface area contributed by atoms with Crippen LogP contribution in [0.4, 0.5) is 22.0 Å². The summed E-state index contributed by atoms with van der Waals surface area (Å²) in [5, 5.41) is 4.59. The van der Waals surface area contributed by atoms with Gasteiger partial charge in [0.05, 0.1) is 37.8 Å². The number of benzene rings is 2. The summed E-state index contributed by atoms with van der Waals surface area (Å²) < 4.78 is 111. The Bertz CT molecular complexity index is 1160. The Kier molecular flexibility index (Phi) is 6.55. The predicted octanol–water partition coefficient (Wildman–Crippen LogP) is 6.24. The fourth-order valence-electron chi connectivity index (χ4n) is 3.16. The second-order valence-electron chi connectivity index (χ2n) is 8.12. The average Bonchev–Trinajstić information content (AvgIpc) is 2.83. The number of nitriles is 1. The van der Waals surface area contributed by atoms with Crippen LogP contribution in [-0.2, 0) is 11.0 Å². The molecule has 1 heterocycles. The van der Waals surface area contributed by atoms with E-state index in [4.69, 9.17) is 10.00 Å². The highest BCUT2D eigenvalue weighted by Gasteiger charge is 2.62.